The highest BCUT2D eigenvalue weighted by molar-refractivity contribution is 7.92. The third-order valence-electron chi connectivity index (χ3n) is 2.20. The van der Waals surface area contributed by atoms with Crippen LogP contribution in [0, 0.1) is 0 Å². The van der Waals surface area contributed by atoms with Crippen LogP contribution in [0.3, 0.4) is 0 Å². The number of para-hydroxylation sites is 1. The zero-order valence-corrected chi connectivity index (χ0v) is 8.81. The Kier molecular flexibility index (Phi) is 2.20. The fourth-order valence-electron chi connectivity index (χ4n) is 1.27. The Morgan fingerprint density at radius 3 is 2.50 bits per heavy atom. The molecule has 1 aromatic rings. The van der Waals surface area contributed by atoms with E-state index in [1.165, 1.54) is 18.2 Å². The smallest absolute Gasteiger partial charge is 0.215 e. The molecule has 1 aliphatic rings. The van der Waals surface area contributed by atoms with Gasteiger partial charge < -0.3 is 0 Å². The molecule has 0 N–H and O–H groups in total. The van der Waals surface area contributed by atoms with Crippen LogP contribution in [0.4, 0.5) is 0 Å². The predicted molar refractivity (Wildman–Crippen MR) is 51.8 cm³/mol. The maximum atomic E-state index is 11.7. The Morgan fingerprint density at radius 1 is 1.29 bits per heavy atom. The van der Waals surface area contributed by atoms with Crippen molar-refractivity contribution in [1.29, 1.82) is 0 Å². The van der Waals surface area contributed by atoms with E-state index in [2.05, 4.69) is 0 Å². The van der Waals surface area contributed by atoms with Crippen LogP contribution in [0.2, 0.25) is 5.02 Å². The zero-order chi connectivity index (χ0) is 10.3. The predicted octanol–water partition coefficient (Wildman–Crippen LogP) is 2.42. The molecule has 1 radical (unpaired) electrons. The van der Waals surface area contributed by atoms with Gasteiger partial charge in [-0.3, -0.25) is 5.11 Å². The summed E-state index contributed by atoms with van der Waals surface area (Å²) in [5.41, 5.74) is 0. The quantitative estimate of drug-likeness (QED) is 0.785. The van der Waals surface area contributed by atoms with Gasteiger partial charge >= 0.3 is 0 Å². The highest BCUT2D eigenvalue weighted by atomic mass is 35.5. The third-order valence-corrected chi connectivity index (χ3v) is 4.78. The molecule has 0 bridgehead atoms. The van der Waals surface area contributed by atoms with E-state index in [1.54, 1.807) is 0 Å². The molecule has 5 heteroatoms. The first-order valence-corrected chi connectivity index (χ1v) is 6.15. The van der Waals surface area contributed by atoms with Crippen LogP contribution in [0.25, 0.3) is 0 Å². The summed E-state index contributed by atoms with van der Waals surface area (Å²) in [6.07, 6.45) is 1.29. The number of sulfone groups is 1. The molecule has 0 saturated heterocycles. The van der Waals surface area contributed by atoms with Gasteiger partial charge in [-0.25, -0.2) is 8.42 Å². The van der Waals surface area contributed by atoms with Crippen LogP contribution in [-0.4, -0.2) is 13.7 Å². The van der Waals surface area contributed by atoms with Gasteiger partial charge in [-0.2, -0.15) is 0 Å². The van der Waals surface area contributed by atoms with Crippen LogP contribution in [0.1, 0.15) is 12.8 Å². The van der Waals surface area contributed by atoms with Crippen molar-refractivity contribution in [2.24, 2.45) is 0 Å². The zero-order valence-electron chi connectivity index (χ0n) is 7.23. The topological polar surface area (TPSA) is 54.0 Å². The highest BCUT2D eigenvalue weighted by Gasteiger charge is 2.39. The second kappa shape index (κ2) is 3.14. The van der Waals surface area contributed by atoms with Crippen LogP contribution in [0.5, 0.6) is 5.75 Å². The summed E-state index contributed by atoms with van der Waals surface area (Å²) in [5.74, 6) is -0.582. The average Bonchev–Trinajstić information content (AvgIpc) is 2.92. The van der Waals surface area contributed by atoms with E-state index in [-0.39, 0.29) is 15.2 Å². The van der Waals surface area contributed by atoms with E-state index in [1.807, 2.05) is 0 Å². The molecule has 14 heavy (non-hydrogen) atoms. The van der Waals surface area contributed by atoms with Gasteiger partial charge in [0.2, 0.25) is 5.75 Å². The molecule has 0 unspecified atom stereocenters. The summed E-state index contributed by atoms with van der Waals surface area (Å²) in [4.78, 5) is -0.160. The fourth-order valence-corrected chi connectivity index (χ4v) is 3.25. The van der Waals surface area contributed by atoms with Crippen LogP contribution in [0.15, 0.2) is 23.1 Å². The van der Waals surface area contributed by atoms with Gasteiger partial charge in [0.05, 0.1) is 10.3 Å². The summed E-state index contributed by atoms with van der Waals surface area (Å²) in [6.45, 7) is 0. The second-order valence-corrected chi connectivity index (χ2v) is 5.92. The molecular weight excluding hydrogens is 224 g/mol. The van der Waals surface area contributed by atoms with Crippen LogP contribution >= 0.6 is 11.6 Å². The molecule has 1 saturated carbocycles. The minimum Gasteiger partial charge on any atom is -0.287 e. The molecule has 0 heterocycles. The Balaban J connectivity index is 2.56. The molecule has 1 aromatic carbocycles. The Hall–Kier alpha value is -0.740. The lowest BCUT2D eigenvalue weighted by Crippen LogP contribution is -2.06. The van der Waals surface area contributed by atoms with E-state index in [4.69, 9.17) is 11.6 Å². The molecular formula is C9H8ClO3S. The highest BCUT2D eigenvalue weighted by Crippen LogP contribution is 2.39. The SMILES string of the molecule is [O]c1c(Cl)cccc1S(=O)(=O)C1CC1. The van der Waals surface area contributed by atoms with Crippen molar-refractivity contribution in [3.8, 4) is 5.75 Å². The molecule has 0 aromatic heterocycles. The van der Waals surface area contributed by atoms with Gasteiger partial charge in [-0.05, 0) is 25.0 Å². The van der Waals surface area contributed by atoms with Crippen molar-refractivity contribution in [1.82, 2.24) is 0 Å². The summed E-state index contributed by atoms with van der Waals surface area (Å²) in [5, 5.41) is 11.0. The number of rotatable bonds is 2. The number of hydrogen-bond acceptors (Lipinski definition) is 2. The van der Waals surface area contributed by atoms with Crippen molar-refractivity contribution in [3.63, 3.8) is 0 Å². The minimum atomic E-state index is -3.42. The van der Waals surface area contributed by atoms with Gasteiger partial charge in [-0.1, -0.05) is 17.7 Å². The number of benzene rings is 1. The van der Waals surface area contributed by atoms with Crippen molar-refractivity contribution < 1.29 is 13.5 Å². The Morgan fingerprint density at radius 2 is 1.93 bits per heavy atom. The third kappa shape index (κ3) is 1.48. The first-order chi connectivity index (χ1) is 6.53. The van der Waals surface area contributed by atoms with Crippen LogP contribution in [-0.2, 0) is 14.9 Å². The van der Waals surface area contributed by atoms with Gasteiger partial charge in [0, 0.05) is 0 Å². The summed E-state index contributed by atoms with van der Waals surface area (Å²) >= 11 is 5.57. The molecule has 1 fully saturated rings. The van der Waals surface area contributed by atoms with E-state index < -0.39 is 15.6 Å². The second-order valence-electron chi connectivity index (χ2n) is 3.31. The van der Waals surface area contributed by atoms with Crippen molar-refractivity contribution in [3.05, 3.63) is 23.2 Å². The van der Waals surface area contributed by atoms with E-state index in [0.29, 0.717) is 12.8 Å². The molecule has 75 valence electrons. The van der Waals surface area contributed by atoms with Crippen molar-refractivity contribution in [2.45, 2.75) is 23.0 Å². The Labute approximate surface area is 87.2 Å². The summed E-state index contributed by atoms with van der Waals surface area (Å²) in [6, 6.07) is 4.21. The van der Waals surface area contributed by atoms with Gasteiger partial charge in [0.15, 0.2) is 9.84 Å². The normalized spacial score (nSPS) is 16.9. The van der Waals surface area contributed by atoms with Crippen LogP contribution < -0.4 is 0 Å². The lowest BCUT2D eigenvalue weighted by Gasteiger charge is -2.03. The molecule has 0 atom stereocenters. The number of halogens is 1. The number of hydrogen-bond donors (Lipinski definition) is 0. The maximum Gasteiger partial charge on any atom is 0.215 e. The summed E-state index contributed by atoms with van der Waals surface area (Å²) < 4.78 is 23.4. The molecule has 2 rings (SSSR count). The first kappa shape index (κ1) is 9.80. The minimum absolute atomic E-state index is 0.0354. The van der Waals surface area contributed by atoms with E-state index in [0.717, 1.165) is 0 Å². The lowest BCUT2D eigenvalue weighted by molar-refractivity contribution is 0.343. The van der Waals surface area contributed by atoms with E-state index in [9.17, 15) is 13.5 Å². The largest absolute Gasteiger partial charge is 0.287 e. The maximum absolute atomic E-state index is 11.7. The molecule has 1 aliphatic carbocycles. The molecule has 0 amide bonds. The van der Waals surface area contributed by atoms with Gasteiger partial charge in [0.25, 0.3) is 0 Å². The Bertz CT molecular complexity index is 463. The van der Waals surface area contributed by atoms with Crippen molar-refractivity contribution >= 4 is 21.4 Å². The van der Waals surface area contributed by atoms with E-state index >= 15 is 0 Å². The molecule has 3 nitrogen and oxygen atoms in total. The van der Waals surface area contributed by atoms with Gasteiger partial charge in [-0.15, -0.1) is 0 Å². The summed E-state index contributed by atoms with van der Waals surface area (Å²) in [7, 11) is -3.42. The average molecular weight is 232 g/mol. The lowest BCUT2D eigenvalue weighted by atomic mass is 10.3. The van der Waals surface area contributed by atoms with Crippen molar-refractivity contribution in [2.75, 3.05) is 0 Å². The van der Waals surface area contributed by atoms with Gasteiger partial charge in [0.1, 0.15) is 4.90 Å². The fraction of sp³-hybridized carbons (Fsp3) is 0.333. The molecule has 0 aliphatic heterocycles. The molecule has 0 spiro atoms. The standard InChI is InChI=1S/C9H8ClO3S/c10-7-2-1-3-8(9(7)11)14(12,13)6-4-5-6/h1-3,6H,4-5H2. The first-order valence-electron chi connectivity index (χ1n) is 4.23. The monoisotopic (exact) mass is 231 g/mol.